The van der Waals surface area contributed by atoms with Crippen LogP contribution >= 0.6 is 0 Å². The van der Waals surface area contributed by atoms with Gasteiger partial charge in [0, 0.05) is 19.5 Å². The van der Waals surface area contributed by atoms with E-state index in [2.05, 4.69) is 20.1 Å². The molecule has 0 atom stereocenters. The Balaban J connectivity index is 1.71. The molecular formula is C16H22N4O2. The molecule has 6 nitrogen and oxygen atoms in total. The molecule has 2 heterocycles. The number of hydrogen-bond acceptors (Lipinski definition) is 5. The van der Waals surface area contributed by atoms with Gasteiger partial charge in [0.05, 0.1) is 14.2 Å². The van der Waals surface area contributed by atoms with Crippen LogP contribution < -0.4 is 14.8 Å². The molecule has 0 unspecified atom stereocenters. The number of rotatable bonds is 5. The first-order valence-electron chi connectivity index (χ1n) is 7.68. The molecule has 22 heavy (non-hydrogen) atoms. The second-order valence-corrected chi connectivity index (χ2v) is 5.45. The van der Waals surface area contributed by atoms with Gasteiger partial charge in [-0.15, -0.1) is 10.2 Å². The van der Waals surface area contributed by atoms with Crippen LogP contribution in [0.15, 0.2) is 18.2 Å². The molecule has 0 amide bonds. The Morgan fingerprint density at radius 3 is 2.77 bits per heavy atom. The van der Waals surface area contributed by atoms with Crippen molar-refractivity contribution in [2.24, 2.45) is 0 Å². The van der Waals surface area contributed by atoms with Crippen LogP contribution in [0.1, 0.15) is 30.7 Å². The van der Waals surface area contributed by atoms with Gasteiger partial charge in [-0.05, 0) is 30.5 Å². The maximum Gasteiger partial charge on any atom is 0.224 e. The molecule has 0 fully saturated rings. The van der Waals surface area contributed by atoms with Gasteiger partial charge >= 0.3 is 0 Å². The van der Waals surface area contributed by atoms with E-state index in [-0.39, 0.29) is 0 Å². The van der Waals surface area contributed by atoms with E-state index in [1.807, 2.05) is 18.2 Å². The number of benzene rings is 1. The molecule has 3 rings (SSSR count). The molecule has 0 saturated heterocycles. The topological polar surface area (TPSA) is 61.2 Å². The standard InChI is InChI=1S/C16H22N4O2/c1-21-13-8-7-12(10-14(13)22-2)11-17-16-19-18-15-6-4-3-5-9-20(15)16/h7-8,10H,3-6,9,11H2,1-2H3,(H,17,19). The van der Waals surface area contributed by atoms with E-state index in [0.29, 0.717) is 6.54 Å². The minimum absolute atomic E-state index is 0.679. The Morgan fingerprint density at radius 1 is 1.09 bits per heavy atom. The highest BCUT2D eigenvalue weighted by Gasteiger charge is 2.14. The van der Waals surface area contributed by atoms with Crippen LogP contribution in [0.4, 0.5) is 5.95 Å². The normalized spacial score (nSPS) is 14.1. The fourth-order valence-electron chi connectivity index (χ4n) is 2.79. The Bertz CT molecular complexity index is 639. The molecule has 0 aliphatic carbocycles. The average molecular weight is 302 g/mol. The molecule has 0 spiro atoms. The monoisotopic (exact) mass is 302 g/mol. The number of methoxy groups -OCH3 is 2. The van der Waals surface area contributed by atoms with Gasteiger partial charge in [-0.25, -0.2) is 0 Å². The van der Waals surface area contributed by atoms with Crippen molar-refractivity contribution in [1.29, 1.82) is 0 Å². The van der Waals surface area contributed by atoms with Crippen LogP contribution in [-0.2, 0) is 19.5 Å². The lowest BCUT2D eigenvalue weighted by Gasteiger charge is -2.11. The highest BCUT2D eigenvalue weighted by molar-refractivity contribution is 5.43. The Morgan fingerprint density at radius 2 is 1.95 bits per heavy atom. The number of ether oxygens (including phenoxy) is 2. The molecule has 1 aromatic carbocycles. The molecule has 6 heteroatoms. The average Bonchev–Trinajstić information content (AvgIpc) is 2.79. The number of anilines is 1. The number of nitrogens with zero attached hydrogens (tertiary/aromatic N) is 3. The zero-order valence-electron chi connectivity index (χ0n) is 13.1. The van der Waals surface area contributed by atoms with Crippen molar-refractivity contribution < 1.29 is 9.47 Å². The second-order valence-electron chi connectivity index (χ2n) is 5.45. The van der Waals surface area contributed by atoms with Crippen molar-refractivity contribution in [2.45, 2.75) is 38.8 Å². The molecular weight excluding hydrogens is 280 g/mol. The lowest BCUT2D eigenvalue weighted by atomic mass is 10.2. The molecule has 0 bridgehead atoms. The second kappa shape index (κ2) is 6.68. The highest BCUT2D eigenvalue weighted by Crippen LogP contribution is 2.28. The van der Waals surface area contributed by atoms with Crippen molar-refractivity contribution in [1.82, 2.24) is 14.8 Å². The van der Waals surface area contributed by atoms with E-state index in [1.165, 1.54) is 19.3 Å². The van der Waals surface area contributed by atoms with E-state index in [1.54, 1.807) is 14.2 Å². The van der Waals surface area contributed by atoms with E-state index in [9.17, 15) is 0 Å². The van der Waals surface area contributed by atoms with Crippen molar-refractivity contribution in [3.63, 3.8) is 0 Å². The van der Waals surface area contributed by atoms with Crippen LogP contribution in [0, 0.1) is 0 Å². The molecule has 2 aromatic rings. The lowest BCUT2D eigenvalue weighted by molar-refractivity contribution is 0.354. The van der Waals surface area contributed by atoms with Gasteiger partial charge in [-0.1, -0.05) is 12.5 Å². The summed E-state index contributed by atoms with van der Waals surface area (Å²) in [5.74, 6) is 3.42. The molecule has 1 aliphatic heterocycles. The SMILES string of the molecule is COc1ccc(CNc2nnc3n2CCCCC3)cc1OC. The molecule has 1 aliphatic rings. The van der Waals surface area contributed by atoms with Gasteiger partial charge in [-0.2, -0.15) is 0 Å². The first-order valence-corrected chi connectivity index (χ1v) is 7.68. The Kier molecular flexibility index (Phi) is 4.46. The maximum atomic E-state index is 5.34. The summed E-state index contributed by atoms with van der Waals surface area (Å²) in [7, 11) is 3.29. The molecule has 1 N–H and O–H groups in total. The Labute approximate surface area is 130 Å². The van der Waals surface area contributed by atoms with Gasteiger partial charge in [0.15, 0.2) is 11.5 Å². The quantitative estimate of drug-likeness (QED) is 0.920. The van der Waals surface area contributed by atoms with Crippen LogP contribution in [0.25, 0.3) is 0 Å². The van der Waals surface area contributed by atoms with E-state index in [0.717, 1.165) is 41.8 Å². The van der Waals surface area contributed by atoms with Gasteiger partial charge in [0.1, 0.15) is 5.82 Å². The maximum absolute atomic E-state index is 5.34. The number of aromatic nitrogens is 3. The van der Waals surface area contributed by atoms with Gasteiger partial charge < -0.3 is 14.8 Å². The molecule has 0 saturated carbocycles. The third-order valence-electron chi connectivity index (χ3n) is 4.01. The van der Waals surface area contributed by atoms with E-state index in [4.69, 9.17) is 9.47 Å². The summed E-state index contributed by atoms with van der Waals surface area (Å²) in [6, 6.07) is 5.92. The van der Waals surface area contributed by atoms with Gasteiger partial charge in [-0.3, -0.25) is 4.57 Å². The summed E-state index contributed by atoms with van der Waals surface area (Å²) < 4.78 is 12.8. The zero-order chi connectivity index (χ0) is 15.4. The van der Waals surface area contributed by atoms with Crippen LogP contribution in [0.2, 0.25) is 0 Å². The predicted molar refractivity (Wildman–Crippen MR) is 84.4 cm³/mol. The third kappa shape index (κ3) is 3.00. The zero-order valence-corrected chi connectivity index (χ0v) is 13.1. The number of hydrogen-bond donors (Lipinski definition) is 1. The minimum Gasteiger partial charge on any atom is -0.493 e. The van der Waals surface area contributed by atoms with Crippen LogP contribution in [0.5, 0.6) is 11.5 Å². The van der Waals surface area contributed by atoms with Crippen LogP contribution in [-0.4, -0.2) is 29.0 Å². The smallest absolute Gasteiger partial charge is 0.224 e. The summed E-state index contributed by atoms with van der Waals surface area (Å²) in [6.45, 7) is 1.68. The van der Waals surface area contributed by atoms with Crippen LogP contribution in [0.3, 0.4) is 0 Å². The summed E-state index contributed by atoms with van der Waals surface area (Å²) in [6.07, 6.45) is 4.67. The molecule has 0 radical (unpaired) electrons. The third-order valence-corrected chi connectivity index (χ3v) is 4.01. The highest BCUT2D eigenvalue weighted by atomic mass is 16.5. The van der Waals surface area contributed by atoms with Crippen molar-refractivity contribution in [3.8, 4) is 11.5 Å². The van der Waals surface area contributed by atoms with E-state index >= 15 is 0 Å². The fraction of sp³-hybridized carbons (Fsp3) is 0.500. The summed E-state index contributed by atoms with van der Waals surface area (Å²) in [5.41, 5.74) is 1.11. The minimum atomic E-state index is 0.679. The fourth-order valence-corrected chi connectivity index (χ4v) is 2.79. The summed E-state index contributed by atoms with van der Waals surface area (Å²) >= 11 is 0. The largest absolute Gasteiger partial charge is 0.493 e. The summed E-state index contributed by atoms with van der Waals surface area (Å²) in [4.78, 5) is 0. The van der Waals surface area contributed by atoms with E-state index < -0.39 is 0 Å². The first kappa shape index (κ1) is 14.7. The molecule has 1 aromatic heterocycles. The van der Waals surface area contributed by atoms with Crippen molar-refractivity contribution in [3.05, 3.63) is 29.6 Å². The number of nitrogens with one attached hydrogen (secondary N) is 1. The lowest BCUT2D eigenvalue weighted by Crippen LogP contribution is -2.09. The summed E-state index contributed by atoms with van der Waals surface area (Å²) in [5, 5.41) is 12.0. The van der Waals surface area contributed by atoms with Crippen molar-refractivity contribution >= 4 is 5.95 Å². The Hall–Kier alpha value is -2.24. The first-order chi connectivity index (χ1) is 10.8. The predicted octanol–water partition coefficient (Wildman–Crippen LogP) is 2.63. The molecule has 118 valence electrons. The van der Waals surface area contributed by atoms with Gasteiger partial charge in [0.2, 0.25) is 5.95 Å². The van der Waals surface area contributed by atoms with Crippen molar-refractivity contribution in [2.75, 3.05) is 19.5 Å². The number of fused-ring (bicyclic) bond motifs is 1. The van der Waals surface area contributed by atoms with Gasteiger partial charge in [0.25, 0.3) is 0 Å². The number of aryl methyl sites for hydroxylation is 1.